The molecule has 3 heterocycles. The van der Waals surface area contributed by atoms with Crippen molar-refractivity contribution in [3.63, 3.8) is 0 Å². The number of aliphatic imine (C=N–C) groups is 1. The van der Waals surface area contributed by atoms with Crippen LogP contribution >= 0.6 is 11.6 Å². The van der Waals surface area contributed by atoms with Crippen LogP contribution in [0.25, 0.3) is 21.9 Å². The maximum absolute atomic E-state index is 13.8. The highest BCUT2D eigenvalue weighted by atomic mass is 35.5. The second kappa shape index (κ2) is 8.98. The Morgan fingerprint density at radius 1 is 1.13 bits per heavy atom. The first-order chi connectivity index (χ1) is 18.8. The Hall–Kier alpha value is -3.58. The Kier molecular flexibility index (Phi) is 5.63. The monoisotopic (exact) mass is 543 g/mol. The highest BCUT2D eigenvalue weighted by Gasteiger charge is 2.56. The first kappa shape index (κ1) is 24.5. The SMILES string of the molecule is COC(=O)NC(C(=O)N1[C@@H]2C[C@@H]2C[C@H]1C1=Nc2ccc3cc4c(cc3c2C1)COc1cc(Cl)ccc1-4)C(C)C. The van der Waals surface area contributed by atoms with Crippen LogP contribution in [0.3, 0.4) is 0 Å². The van der Waals surface area contributed by atoms with Crippen LogP contribution in [0.4, 0.5) is 10.5 Å². The van der Waals surface area contributed by atoms with Gasteiger partial charge in [-0.15, -0.1) is 0 Å². The van der Waals surface area contributed by atoms with Crippen LogP contribution in [0, 0.1) is 11.8 Å². The van der Waals surface area contributed by atoms with Crippen molar-refractivity contribution in [1.29, 1.82) is 0 Å². The summed E-state index contributed by atoms with van der Waals surface area (Å²) in [7, 11) is 1.32. The molecule has 4 atom stereocenters. The summed E-state index contributed by atoms with van der Waals surface area (Å²) < 4.78 is 10.8. The summed E-state index contributed by atoms with van der Waals surface area (Å²) in [6.45, 7) is 4.38. The fourth-order valence-corrected chi connectivity index (χ4v) is 6.78. The smallest absolute Gasteiger partial charge is 0.407 e. The predicted octanol–water partition coefficient (Wildman–Crippen LogP) is 6.05. The maximum Gasteiger partial charge on any atom is 0.407 e. The number of methoxy groups -OCH3 is 1. The summed E-state index contributed by atoms with van der Waals surface area (Å²) in [6, 6.07) is 14.0. The number of hydrogen-bond acceptors (Lipinski definition) is 5. The molecular weight excluding hydrogens is 514 g/mol. The molecule has 1 unspecified atom stereocenters. The third-order valence-corrected chi connectivity index (χ3v) is 8.94. The number of likely N-dealkylation sites (tertiary alicyclic amines) is 1. The number of hydrogen-bond donors (Lipinski definition) is 1. The van der Waals surface area contributed by atoms with E-state index in [2.05, 4.69) is 29.6 Å². The van der Waals surface area contributed by atoms with Gasteiger partial charge in [0.05, 0.1) is 18.8 Å². The van der Waals surface area contributed by atoms with Crippen LogP contribution in [0.15, 0.2) is 47.5 Å². The first-order valence-electron chi connectivity index (χ1n) is 13.6. The molecule has 0 spiro atoms. The number of piperidine rings is 1. The summed E-state index contributed by atoms with van der Waals surface area (Å²) in [5, 5.41) is 5.77. The van der Waals surface area contributed by atoms with E-state index in [-0.39, 0.29) is 23.9 Å². The number of rotatable bonds is 4. The molecule has 7 rings (SSSR count). The zero-order valence-electron chi connectivity index (χ0n) is 22.2. The fourth-order valence-electron chi connectivity index (χ4n) is 6.62. The van der Waals surface area contributed by atoms with Gasteiger partial charge in [0.1, 0.15) is 18.4 Å². The molecule has 1 saturated carbocycles. The Labute approximate surface area is 232 Å². The van der Waals surface area contributed by atoms with Crippen LogP contribution in [0.5, 0.6) is 5.75 Å². The van der Waals surface area contributed by atoms with Crippen LogP contribution < -0.4 is 10.1 Å². The third-order valence-electron chi connectivity index (χ3n) is 8.70. The maximum atomic E-state index is 13.8. The molecule has 0 aromatic heterocycles. The largest absolute Gasteiger partial charge is 0.488 e. The highest BCUT2D eigenvalue weighted by Crippen LogP contribution is 2.50. The van der Waals surface area contributed by atoms with Crippen molar-refractivity contribution in [2.24, 2.45) is 16.8 Å². The van der Waals surface area contributed by atoms with Gasteiger partial charge in [-0.2, -0.15) is 0 Å². The van der Waals surface area contributed by atoms with E-state index in [4.69, 9.17) is 26.1 Å². The quantitative estimate of drug-likeness (QED) is 0.434. The van der Waals surface area contributed by atoms with Crippen LogP contribution in [0.1, 0.15) is 37.8 Å². The molecule has 200 valence electrons. The number of nitrogens with zero attached hydrogens (tertiary/aromatic N) is 2. The van der Waals surface area contributed by atoms with Gasteiger partial charge in [-0.25, -0.2) is 4.79 Å². The minimum absolute atomic E-state index is 0.0427. The Bertz CT molecular complexity index is 1580. The second-order valence-corrected chi connectivity index (χ2v) is 11.9. The van der Waals surface area contributed by atoms with Crippen LogP contribution in [0.2, 0.25) is 5.02 Å². The molecular formula is C31H30ClN3O4. The Morgan fingerprint density at radius 3 is 2.77 bits per heavy atom. The molecule has 2 amide bonds. The van der Waals surface area contributed by atoms with Crippen molar-refractivity contribution >= 4 is 45.8 Å². The topological polar surface area (TPSA) is 80.2 Å². The van der Waals surface area contributed by atoms with Gasteiger partial charge in [-0.1, -0.05) is 31.5 Å². The lowest BCUT2D eigenvalue weighted by Crippen LogP contribution is -2.55. The standard InChI is InChI=1S/C31H30ClN3O4/c1-15(2)29(34-31(37)38-3)30(36)35-26-10-17(26)11-27(35)25-13-23-21-9-18-14-39-28-12-19(32)5-6-20(28)22(18)8-16(21)4-7-24(23)33-25/h4-9,12,15,17,26-27,29H,10-11,13-14H2,1-3H3,(H,34,37)/t17-,26-,27+,29?/m1/s1. The molecule has 3 aromatic carbocycles. The summed E-state index contributed by atoms with van der Waals surface area (Å²) in [5.41, 5.74) is 6.58. The van der Waals surface area contributed by atoms with Gasteiger partial charge in [0.25, 0.3) is 0 Å². The lowest BCUT2D eigenvalue weighted by Gasteiger charge is -2.33. The average molecular weight is 544 g/mol. The van der Waals surface area contributed by atoms with Crippen LogP contribution in [-0.2, 0) is 22.6 Å². The van der Waals surface area contributed by atoms with Gasteiger partial charge < -0.3 is 19.7 Å². The van der Waals surface area contributed by atoms with Gasteiger partial charge in [-0.05, 0) is 88.5 Å². The van der Waals surface area contributed by atoms with Gasteiger partial charge in [-0.3, -0.25) is 9.79 Å². The van der Waals surface area contributed by atoms with Crippen molar-refractivity contribution in [2.75, 3.05) is 7.11 Å². The van der Waals surface area contributed by atoms with Gasteiger partial charge in [0.15, 0.2) is 0 Å². The molecule has 1 aliphatic carbocycles. The van der Waals surface area contributed by atoms with Crippen LogP contribution in [-0.4, -0.2) is 47.8 Å². The number of amides is 2. The Balaban J connectivity index is 1.20. The summed E-state index contributed by atoms with van der Waals surface area (Å²) in [4.78, 5) is 32.9. The predicted molar refractivity (Wildman–Crippen MR) is 151 cm³/mol. The average Bonchev–Trinajstić information content (AvgIpc) is 3.37. The lowest BCUT2D eigenvalue weighted by molar-refractivity contribution is -0.135. The number of alkyl carbamates (subject to hydrolysis) is 1. The Morgan fingerprint density at radius 2 is 1.97 bits per heavy atom. The van der Waals surface area contributed by atoms with E-state index in [9.17, 15) is 9.59 Å². The molecule has 3 aromatic rings. The molecule has 0 bridgehead atoms. The number of ether oxygens (including phenoxy) is 2. The van der Waals surface area contributed by atoms with Crippen molar-refractivity contribution < 1.29 is 19.1 Å². The minimum atomic E-state index is -0.631. The van der Waals surface area contributed by atoms with Gasteiger partial charge in [0, 0.05) is 28.8 Å². The number of benzene rings is 3. The molecule has 1 saturated heterocycles. The third kappa shape index (κ3) is 3.97. The minimum Gasteiger partial charge on any atom is -0.488 e. The second-order valence-electron chi connectivity index (χ2n) is 11.4. The van der Waals surface area contributed by atoms with E-state index in [1.807, 2.05) is 36.9 Å². The van der Waals surface area contributed by atoms with Gasteiger partial charge >= 0.3 is 6.09 Å². The molecule has 4 aliphatic rings. The van der Waals surface area contributed by atoms with Gasteiger partial charge in [0.2, 0.25) is 5.91 Å². The lowest BCUT2D eigenvalue weighted by atomic mass is 9.90. The summed E-state index contributed by atoms with van der Waals surface area (Å²) in [6.07, 6.45) is 2.07. The van der Waals surface area contributed by atoms with E-state index in [1.165, 1.54) is 23.6 Å². The molecule has 3 aliphatic heterocycles. The number of carbonyl (C=O) groups excluding carboxylic acids is 2. The molecule has 39 heavy (non-hydrogen) atoms. The van der Waals surface area contributed by atoms with E-state index in [0.29, 0.717) is 24.0 Å². The van der Waals surface area contributed by atoms with Crippen molar-refractivity contribution in [3.8, 4) is 16.9 Å². The summed E-state index contributed by atoms with van der Waals surface area (Å²) in [5.74, 6) is 1.22. The number of fused-ring (bicyclic) bond motifs is 7. The van der Waals surface area contributed by atoms with E-state index in [1.54, 1.807) is 0 Å². The molecule has 8 heteroatoms. The molecule has 0 radical (unpaired) electrons. The van der Waals surface area contributed by atoms with E-state index in [0.717, 1.165) is 46.5 Å². The van der Waals surface area contributed by atoms with E-state index >= 15 is 0 Å². The normalized spacial score (nSPS) is 22.8. The molecule has 2 fully saturated rings. The van der Waals surface area contributed by atoms with Crippen molar-refractivity contribution in [2.45, 2.75) is 57.8 Å². The number of halogens is 1. The number of nitrogens with one attached hydrogen (secondary N) is 1. The molecule has 7 nitrogen and oxygen atoms in total. The fraction of sp³-hybridized carbons (Fsp3) is 0.387. The van der Waals surface area contributed by atoms with E-state index < -0.39 is 12.1 Å². The van der Waals surface area contributed by atoms with Crippen molar-refractivity contribution in [3.05, 3.63) is 58.6 Å². The first-order valence-corrected chi connectivity index (χ1v) is 14.0. The highest BCUT2D eigenvalue weighted by molar-refractivity contribution is 6.30. The zero-order valence-corrected chi connectivity index (χ0v) is 22.9. The molecule has 1 N–H and O–H groups in total. The summed E-state index contributed by atoms with van der Waals surface area (Å²) >= 11 is 6.19. The number of carbonyl (C=O) groups is 2. The van der Waals surface area contributed by atoms with Crippen molar-refractivity contribution in [1.82, 2.24) is 10.2 Å². The zero-order chi connectivity index (χ0) is 27.0.